The fraction of sp³-hybridized carbons (Fsp3) is 0.188. The Morgan fingerprint density at radius 3 is 2.63 bits per heavy atom. The van der Waals surface area contributed by atoms with Gasteiger partial charge in [0.25, 0.3) is 0 Å². The number of para-hydroxylation sites is 1. The van der Waals surface area contributed by atoms with E-state index in [0.717, 1.165) is 18.0 Å². The van der Waals surface area contributed by atoms with Crippen LogP contribution in [0.5, 0.6) is 5.75 Å². The number of rotatable bonds is 2. The molecule has 1 atom stereocenters. The molecule has 0 amide bonds. The number of aryl methyl sites for hydroxylation is 1. The van der Waals surface area contributed by atoms with Gasteiger partial charge in [-0.3, -0.25) is 0 Å². The average molecular weight is 269 g/mol. The maximum atomic E-state index is 5.94. The second-order valence-corrected chi connectivity index (χ2v) is 4.99. The summed E-state index contributed by atoms with van der Waals surface area (Å²) in [4.78, 5) is 2.18. The van der Waals surface area contributed by atoms with Crippen LogP contribution in [-0.4, -0.2) is 11.6 Å². The molecule has 0 fully saturated rings. The molecule has 1 aliphatic heterocycles. The maximum absolute atomic E-state index is 5.94. The zero-order chi connectivity index (χ0) is 13.2. The summed E-state index contributed by atoms with van der Waals surface area (Å²) in [6.45, 7) is 2.90. The molecule has 3 heteroatoms. The van der Waals surface area contributed by atoms with Gasteiger partial charge in [-0.05, 0) is 25.1 Å². The van der Waals surface area contributed by atoms with E-state index in [-0.39, 0.29) is 6.23 Å². The molecule has 1 heterocycles. The summed E-state index contributed by atoms with van der Waals surface area (Å²) in [5, 5.41) is 1.68. The lowest BCUT2D eigenvalue weighted by Crippen LogP contribution is -2.43. The maximum Gasteiger partial charge on any atom is 0.202 e. The summed E-state index contributed by atoms with van der Waals surface area (Å²) in [6, 6.07) is 16.5. The van der Waals surface area contributed by atoms with Crippen molar-refractivity contribution < 1.29 is 4.74 Å². The summed E-state index contributed by atoms with van der Waals surface area (Å²) in [5.74, 6) is 0.928. The fourth-order valence-electron chi connectivity index (χ4n) is 2.29. The number of hydrogen-bond donors (Lipinski definition) is 0. The van der Waals surface area contributed by atoms with Crippen molar-refractivity contribution in [2.45, 2.75) is 19.7 Å². The van der Waals surface area contributed by atoms with E-state index in [1.807, 2.05) is 18.2 Å². The second-order valence-electron chi connectivity index (χ2n) is 4.72. The first-order valence-electron chi connectivity index (χ1n) is 6.31. The Morgan fingerprint density at radius 1 is 1.16 bits per heavy atom. The predicted octanol–water partition coefficient (Wildman–Crippen LogP) is 3.72. The van der Waals surface area contributed by atoms with Crippen LogP contribution in [0, 0.1) is 6.92 Å². The molecule has 0 spiro atoms. The number of ether oxygens (including phenoxy) is 1. The Hall–Kier alpha value is -1.87. The van der Waals surface area contributed by atoms with Crippen molar-refractivity contribution in [2.75, 3.05) is 4.90 Å². The second kappa shape index (κ2) is 5.02. The van der Waals surface area contributed by atoms with Gasteiger partial charge in [-0.2, -0.15) is 0 Å². The highest BCUT2D eigenvalue weighted by Crippen LogP contribution is 2.30. The minimum Gasteiger partial charge on any atom is -0.466 e. The first-order chi connectivity index (χ1) is 9.28. The van der Waals surface area contributed by atoms with E-state index in [1.54, 1.807) is 5.37 Å². The Balaban J connectivity index is 1.97. The van der Waals surface area contributed by atoms with E-state index in [1.165, 1.54) is 11.1 Å². The summed E-state index contributed by atoms with van der Waals surface area (Å²) in [5.41, 5.74) is 3.57. The van der Waals surface area contributed by atoms with Gasteiger partial charge in [0, 0.05) is 16.6 Å². The Morgan fingerprint density at radius 2 is 1.89 bits per heavy atom. The van der Waals surface area contributed by atoms with Crippen LogP contribution in [0.1, 0.15) is 11.1 Å². The van der Waals surface area contributed by atoms with E-state index in [4.69, 9.17) is 17.0 Å². The molecule has 19 heavy (non-hydrogen) atoms. The number of anilines is 1. The van der Waals surface area contributed by atoms with Gasteiger partial charge in [-0.15, -0.1) is 0 Å². The van der Waals surface area contributed by atoms with E-state index >= 15 is 0 Å². The van der Waals surface area contributed by atoms with E-state index in [0.29, 0.717) is 0 Å². The number of nitrogens with zero attached hydrogens (tertiary/aromatic N) is 1. The molecule has 1 unspecified atom stereocenters. The highest BCUT2D eigenvalue weighted by atomic mass is 32.1. The van der Waals surface area contributed by atoms with Crippen molar-refractivity contribution in [3.05, 3.63) is 59.7 Å². The van der Waals surface area contributed by atoms with E-state index in [2.05, 4.69) is 42.2 Å². The van der Waals surface area contributed by atoms with Gasteiger partial charge in [0.15, 0.2) is 0 Å². The molecule has 0 N–H and O–H groups in total. The Kier molecular flexibility index (Phi) is 3.22. The first-order valence-corrected chi connectivity index (χ1v) is 6.78. The smallest absolute Gasteiger partial charge is 0.202 e. The van der Waals surface area contributed by atoms with Crippen molar-refractivity contribution in [2.24, 2.45) is 0 Å². The van der Waals surface area contributed by atoms with Crippen molar-refractivity contribution in [3.8, 4) is 5.75 Å². The summed E-state index contributed by atoms with van der Waals surface area (Å²) in [7, 11) is 0. The number of fused-ring (bicyclic) bond motifs is 1. The van der Waals surface area contributed by atoms with Crippen LogP contribution < -0.4 is 9.64 Å². The van der Waals surface area contributed by atoms with Crippen LogP contribution in [0.25, 0.3) is 0 Å². The molecule has 1 aliphatic rings. The summed E-state index contributed by atoms with van der Waals surface area (Å²) >= 11 is 5.11. The minimum atomic E-state index is -0.187. The molecule has 0 bridgehead atoms. The van der Waals surface area contributed by atoms with Crippen molar-refractivity contribution in [1.82, 2.24) is 0 Å². The first kappa shape index (κ1) is 12.2. The van der Waals surface area contributed by atoms with Crippen LogP contribution in [-0.2, 0) is 6.54 Å². The van der Waals surface area contributed by atoms with Gasteiger partial charge < -0.3 is 9.64 Å². The molecule has 3 rings (SSSR count). The monoisotopic (exact) mass is 269 g/mol. The summed E-state index contributed by atoms with van der Waals surface area (Å²) < 4.78 is 5.94. The normalized spacial score (nSPS) is 17.5. The topological polar surface area (TPSA) is 12.5 Å². The average Bonchev–Trinajstić information content (AvgIpc) is 2.46. The molecule has 96 valence electrons. The Labute approximate surface area is 118 Å². The Bertz CT molecular complexity index is 594. The van der Waals surface area contributed by atoms with Crippen LogP contribution in [0.15, 0.2) is 48.5 Å². The van der Waals surface area contributed by atoms with Gasteiger partial charge in [0.1, 0.15) is 5.75 Å². The molecule has 2 aromatic carbocycles. The summed E-state index contributed by atoms with van der Waals surface area (Å²) in [6.07, 6.45) is -0.187. The van der Waals surface area contributed by atoms with E-state index < -0.39 is 0 Å². The van der Waals surface area contributed by atoms with Crippen LogP contribution in [0.3, 0.4) is 0 Å². The van der Waals surface area contributed by atoms with Crippen molar-refractivity contribution in [1.29, 1.82) is 0 Å². The van der Waals surface area contributed by atoms with Crippen LogP contribution in [0.4, 0.5) is 5.69 Å². The molecule has 2 aromatic rings. The molecule has 2 nitrogen and oxygen atoms in total. The quantitative estimate of drug-likeness (QED) is 0.771. The van der Waals surface area contributed by atoms with Crippen molar-refractivity contribution in [3.63, 3.8) is 0 Å². The molecule has 0 aromatic heterocycles. The third-order valence-electron chi connectivity index (χ3n) is 3.35. The molecule has 0 radical (unpaired) electrons. The van der Waals surface area contributed by atoms with Gasteiger partial charge in [-0.25, -0.2) is 0 Å². The standard InChI is InChI=1S/C16H15NOS/c1-12-6-8-14(9-7-12)17-10-13-4-2-3-5-15(13)18-16(17)11-19/h2-9,11,16H,10H2,1H3. The molecule has 0 saturated heterocycles. The largest absolute Gasteiger partial charge is 0.466 e. The highest BCUT2D eigenvalue weighted by Gasteiger charge is 2.25. The molecular weight excluding hydrogens is 254 g/mol. The van der Waals surface area contributed by atoms with Crippen LogP contribution >= 0.6 is 12.2 Å². The lowest BCUT2D eigenvalue weighted by Gasteiger charge is -2.36. The lowest BCUT2D eigenvalue weighted by molar-refractivity contribution is 0.243. The van der Waals surface area contributed by atoms with Gasteiger partial charge in [0.05, 0.1) is 6.54 Å². The number of benzene rings is 2. The third kappa shape index (κ3) is 2.34. The fourth-order valence-corrected chi connectivity index (χ4v) is 2.49. The zero-order valence-electron chi connectivity index (χ0n) is 10.7. The lowest BCUT2D eigenvalue weighted by atomic mass is 10.1. The predicted molar refractivity (Wildman–Crippen MR) is 81.9 cm³/mol. The number of hydrogen-bond acceptors (Lipinski definition) is 3. The van der Waals surface area contributed by atoms with Gasteiger partial charge >= 0.3 is 0 Å². The molecule has 0 aliphatic carbocycles. The van der Waals surface area contributed by atoms with E-state index in [9.17, 15) is 0 Å². The zero-order valence-corrected chi connectivity index (χ0v) is 11.6. The minimum absolute atomic E-state index is 0.187. The number of thiocarbonyl (C=S) groups is 1. The molecule has 0 saturated carbocycles. The van der Waals surface area contributed by atoms with Crippen LogP contribution in [0.2, 0.25) is 0 Å². The third-order valence-corrected chi connectivity index (χ3v) is 3.58. The SMILES string of the molecule is Cc1ccc(N2Cc3ccccc3OC2C=S)cc1. The molecular formula is C16H15NOS. The van der Waals surface area contributed by atoms with Gasteiger partial charge in [-0.1, -0.05) is 48.1 Å². The van der Waals surface area contributed by atoms with Crippen molar-refractivity contribution >= 4 is 23.3 Å². The highest BCUT2D eigenvalue weighted by molar-refractivity contribution is 7.79. The van der Waals surface area contributed by atoms with Gasteiger partial charge in [0.2, 0.25) is 6.23 Å².